The number of quaternary nitrogens is 1. The lowest BCUT2D eigenvalue weighted by atomic mass is 10.2. The van der Waals surface area contributed by atoms with Gasteiger partial charge in [-0.1, -0.05) is 18.2 Å². The SMILES string of the molecule is FC(F)(F)[N+](c1ccccc1)(C(F)(F)F)C(F)(F)F. The summed E-state index contributed by atoms with van der Waals surface area (Å²) in [5.74, 6) is 0. The van der Waals surface area contributed by atoms with Gasteiger partial charge in [-0.3, -0.25) is 0 Å². The van der Waals surface area contributed by atoms with Crippen molar-refractivity contribution in [2.24, 2.45) is 0 Å². The predicted molar refractivity (Wildman–Crippen MR) is 46.4 cm³/mol. The molecule has 0 fully saturated rings. The lowest BCUT2D eigenvalue weighted by molar-refractivity contribution is -0.456. The minimum Gasteiger partial charge on any atom is -0.115 e. The summed E-state index contributed by atoms with van der Waals surface area (Å²) in [7, 11) is 0. The van der Waals surface area contributed by atoms with Gasteiger partial charge >= 0.3 is 18.9 Å². The van der Waals surface area contributed by atoms with E-state index < -0.39 is 29.1 Å². The van der Waals surface area contributed by atoms with Crippen molar-refractivity contribution in [3.05, 3.63) is 30.3 Å². The summed E-state index contributed by atoms with van der Waals surface area (Å²) in [5, 5.41) is 0. The molecule has 0 N–H and O–H groups in total. The first-order chi connectivity index (χ1) is 8.36. The lowest BCUT2D eigenvalue weighted by Crippen LogP contribution is -2.74. The van der Waals surface area contributed by atoms with E-state index in [0.29, 0.717) is 12.1 Å². The standard InChI is InChI=1S/C9H5F9N/c10-7(11,12)19(8(13,14)15,9(16,17)18)6-4-2-1-3-5-6/h1-5H/q+1. The van der Waals surface area contributed by atoms with E-state index in [1.54, 1.807) is 0 Å². The molecule has 0 bridgehead atoms. The van der Waals surface area contributed by atoms with Crippen LogP contribution in [0, 0.1) is 0 Å². The maximum Gasteiger partial charge on any atom is 0.581 e. The van der Waals surface area contributed by atoms with Crippen molar-refractivity contribution in [2.75, 3.05) is 0 Å². The third-order valence-electron chi connectivity index (χ3n) is 2.28. The van der Waals surface area contributed by atoms with Gasteiger partial charge in [-0.2, -0.15) is 0 Å². The molecule has 0 heterocycles. The van der Waals surface area contributed by atoms with Crippen molar-refractivity contribution >= 4 is 5.69 Å². The van der Waals surface area contributed by atoms with E-state index in [2.05, 4.69) is 0 Å². The monoisotopic (exact) mass is 298 g/mol. The van der Waals surface area contributed by atoms with E-state index in [9.17, 15) is 39.5 Å². The van der Waals surface area contributed by atoms with Crippen LogP contribution < -0.4 is 4.48 Å². The van der Waals surface area contributed by atoms with Crippen molar-refractivity contribution in [3.63, 3.8) is 0 Å². The third kappa shape index (κ3) is 2.24. The van der Waals surface area contributed by atoms with Crippen LogP contribution in [0.15, 0.2) is 30.3 Å². The average Bonchev–Trinajstić information content (AvgIpc) is 2.12. The molecule has 0 aliphatic heterocycles. The number of nitrogens with zero attached hydrogens (tertiary/aromatic N) is 1. The van der Waals surface area contributed by atoms with E-state index in [4.69, 9.17) is 0 Å². The summed E-state index contributed by atoms with van der Waals surface area (Å²) in [6.45, 7) is 0. The van der Waals surface area contributed by atoms with Crippen LogP contribution in [0.5, 0.6) is 0 Å². The summed E-state index contributed by atoms with van der Waals surface area (Å²) in [4.78, 5) is 0. The third-order valence-corrected chi connectivity index (χ3v) is 2.28. The van der Waals surface area contributed by atoms with Crippen LogP contribution in [0.25, 0.3) is 0 Å². The van der Waals surface area contributed by atoms with Crippen molar-refractivity contribution in [3.8, 4) is 0 Å². The molecule has 0 saturated carbocycles. The Labute approximate surface area is 100.0 Å². The Morgan fingerprint density at radius 2 is 0.895 bits per heavy atom. The van der Waals surface area contributed by atoms with Gasteiger partial charge in [0.2, 0.25) is 0 Å². The number of alkyl halides is 9. The molecular formula is C9H5F9N+. The maximum absolute atomic E-state index is 12.6. The molecule has 1 aromatic rings. The van der Waals surface area contributed by atoms with E-state index in [1.165, 1.54) is 0 Å². The van der Waals surface area contributed by atoms with E-state index in [-0.39, 0.29) is 12.1 Å². The average molecular weight is 298 g/mol. The smallest absolute Gasteiger partial charge is 0.115 e. The number of benzene rings is 1. The molecule has 0 spiro atoms. The van der Waals surface area contributed by atoms with Crippen LogP contribution in [0.2, 0.25) is 0 Å². The highest BCUT2D eigenvalue weighted by atomic mass is 19.4. The highest BCUT2D eigenvalue weighted by Crippen LogP contribution is 2.54. The summed E-state index contributed by atoms with van der Waals surface area (Å²) < 4.78 is 108. The fraction of sp³-hybridized carbons (Fsp3) is 0.333. The van der Waals surface area contributed by atoms with Gasteiger partial charge in [0.1, 0.15) is 0 Å². The molecule has 0 aromatic heterocycles. The Kier molecular flexibility index (Phi) is 3.52. The fourth-order valence-corrected chi connectivity index (χ4v) is 1.52. The summed E-state index contributed by atoms with van der Waals surface area (Å²) in [6, 6.07) is 2.56. The van der Waals surface area contributed by atoms with Gasteiger partial charge in [0.25, 0.3) is 0 Å². The molecule has 10 heteroatoms. The first kappa shape index (κ1) is 15.6. The van der Waals surface area contributed by atoms with Crippen LogP contribution in [-0.2, 0) is 0 Å². The highest BCUT2D eigenvalue weighted by Gasteiger charge is 2.85. The van der Waals surface area contributed by atoms with Gasteiger partial charge < -0.3 is 0 Å². The lowest BCUT2D eigenvalue weighted by Gasteiger charge is -2.38. The Morgan fingerprint density at radius 3 is 1.16 bits per heavy atom. The first-order valence-electron chi connectivity index (χ1n) is 4.51. The van der Waals surface area contributed by atoms with Crippen molar-refractivity contribution in [1.29, 1.82) is 0 Å². The van der Waals surface area contributed by atoms with Crippen LogP contribution in [0.4, 0.5) is 45.2 Å². The van der Waals surface area contributed by atoms with Crippen LogP contribution in [0.3, 0.4) is 0 Å². The molecule has 108 valence electrons. The van der Waals surface area contributed by atoms with Gasteiger partial charge in [-0.15, -0.1) is 39.5 Å². The van der Waals surface area contributed by atoms with Gasteiger partial charge in [-0.05, 0) is 4.48 Å². The molecule has 0 atom stereocenters. The van der Waals surface area contributed by atoms with Crippen LogP contribution in [0.1, 0.15) is 0 Å². The zero-order chi connectivity index (χ0) is 15.1. The van der Waals surface area contributed by atoms with Gasteiger partial charge in [0.05, 0.1) is 0 Å². The Bertz CT molecular complexity index is 392. The van der Waals surface area contributed by atoms with E-state index in [1.807, 2.05) is 0 Å². The number of halogens is 9. The topological polar surface area (TPSA) is 0 Å². The molecule has 0 aliphatic rings. The zero-order valence-corrected chi connectivity index (χ0v) is 8.74. The molecule has 0 amide bonds. The molecular weight excluding hydrogens is 293 g/mol. The first-order valence-corrected chi connectivity index (χ1v) is 4.51. The Morgan fingerprint density at radius 1 is 0.579 bits per heavy atom. The molecule has 1 nitrogen and oxygen atoms in total. The van der Waals surface area contributed by atoms with Crippen LogP contribution >= 0.6 is 0 Å². The zero-order valence-electron chi connectivity index (χ0n) is 8.74. The normalized spacial score (nSPS) is 14.6. The second kappa shape index (κ2) is 4.29. The number of para-hydroxylation sites is 1. The van der Waals surface area contributed by atoms with Gasteiger partial charge in [0.15, 0.2) is 5.69 Å². The maximum atomic E-state index is 12.6. The van der Waals surface area contributed by atoms with E-state index in [0.717, 1.165) is 6.07 Å². The molecule has 0 unspecified atom stereocenters. The van der Waals surface area contributed by atoms with Crippen molar-refractivity contribution in [2.45, 2.75) is 18.9 Å². The fourth-order valence-electron chi connectivity index (χ4n) is 1.52. The van der Waals surface area contributed by atoms with Gasteiger partial charge in [-0.25, -0.2) is 0 Å². The minimum atomic E-state index is -6.63. The number of rotatable bonds is 1. The number of hydrogen-bond acceptors (Lipinski definition) is 0. The van der Waals surface area contributed by atoms with Crippen LogP contribution in [-0.4, -0.2) is 18.9 Å². The summed E-state index contributed by atoms with van der Waals surface area (Å²) in [6.07, 6.45) is -19.9. The summed E-state index contributed by atoms with van der Waals surface area (Å²) in [5.41, 5.74) is -1.98. The molecule has 1 rings (SSSR count). The van der Waals surface area contributed by atoms with Gasteiger partial charge in [0, 0.05) is 12.1 Å². The molecule has 19 heavy (non-hydrogen) atoms. The Balaban J connectivity index is 3.76. The molecule has 0 radical (unpaired) electrons. The number of hydrogen-bond donors (Lipinski definition) is 0. The second-order valence-corrected chi connectivity index (χ2v) is 3.41. The quantitative estimate of drug-likeness (QED) is 0.405. The Hall–Kier alpha value is -1.45. The molecule has 0 aliphatic carbocycles. The largest absolute Gasteiger partial charge is 0.581 e. The van der Waals surface area contributed by atoms with E-state index >= 15 is 0 Å². The predicted octanol–water partition coefficient (Wildman–Crippen LogP) is 4.55. The summed E-state index contributed by atoms with van der Waals surface area (Å²) >= 11 is 0. The molecule has 1 aromatic carbocycles. The second-order valence-electron chi connectivity index (χ2n) is 3.41. The van der Waals surface area contributed by atoms with Crippen molar-refractivity contribution < 1.29 is 39.5 Å². The molecule has 0 saturated heterocycles. The highest BCUT2D eigenvalue weighted by molar-refractivity contribution is 5.44. The van der Waals surface area contributed by atoms with Crippen molar-refractivity contribution in [1.82, 2.24) is 4.48 Å². The minimum absolute atomic E-state index is 0.120.